The van der Waals surface area contributed by atoms with E-state index in [9.17, 15) is 4.79 Å². The normalized spacial score (nSPS) is 12.6. The van der Waals surface area contributed by atoms with Crippen molar-refractivity contribution >= 4 is 17.3 Å². The van der Waals surface area contributed by atoms with Gasteiger partial charge >= 0.3 is 5.97 Å². The predicted molar refractivity (Wildman–Crippen MR) is 66.0 cm³/mol. The van der Waals surface area contributed by atoms with Crippen LogP contribution >= 0.6 is 11.3 Å². The molecule has 2 aromatic heterocycles. The summed E-state index contributed by atoms with van der Waals surface area (Å²) in [5.41, 5.74) is 7.29. The summed E-state index contributed by atoms with van der Waals surface area (Å²) in [4.78, 5) is 19.2. The van der Waals surface area contributed by atoms with E-state index < -0.39 is 12.0 Å². The van der Waals surface area contributed by atoms with Gasteiger partial charge in [0.05, 0.1) is 10.7 Å². The summed E-state index contributed by atoms with van der Waals surface area (Å²) in [7, 11) is 0. The number of aromatic amines is 1. The van der Waals surface area contributed by atoms with Crippen LogP contribution in [-0.2, 0) is 11.2 Å². The minimum Gasteiger partial charge on any atom is -0.480 e. The number of H-pyrrole nitrogens is 1. The van der Waals surface area contributed by atoms with E-state index in [1.807, 2.05) is 25.3 Å². The van der Waals surface area contributed by atoms with Crippen molar-refractivity contribution in [2.75, 3.05) is 0 Å². The molecule has 2 rings (SSSR count). The Kier molecular flexibility index (Phi) is 3.26. The van der Waals surface area contributed by atoms with E-state index in [-0.39, 0.29) is 6.42 Å². The van der Waals surface area contributed by atoms with Crippen LogP contribution in [0.2, 0.25) is 0 Å². The Morgan fingerprint density at radius 1 is 1.71 bits per heavy atom. The standard InChI is InChI=1S/C11H13N3O2S/c1-6-10(8-3-2-4-13-8)14-9(17-6)5-7(12)11(15)16/h2-4,7,13H,5,12H2,1H3,(H,15,16). The molecule has 0 saturated carbocycles. The van der Waals surface area contributed by atoms with Crippen LogP contribution in [0.15, 0.2) is 18.3 Å². The number of hydrogen-bond donors (Lipinski definition) is 3. The quantitative estimate of drug-likeness (QED) is 0.766. The summed E-state index contributed by atoms with van der Waals surface area (Å²) >= 11 is 1.48. The van der Waals surface area contributed by atoms with E-state index in [2.05, 4.69) is 9.97 Å². The number of aryl methyl sites for hydroxylation is 1. The number of carbonyl (C=O) groups is 1. The maximum atomic E-state index is 10.7. The van der Waals surface area contributed by atoms with E-state index in [1.165, 1.54) is 11.3 Å². The van der Waals surface area contributed by atoms with Gasteiger partial charge in [-0.1, -0.05) is 0 Å². The van der Waals surface area contributed by atoms with Gasteiger partial charge in [0.2, 0.25) is 0 Å². The summed E-state index contributed by atoms with van der Waals surface area (Å²) in [6, 6.07) is 2.94. The second-order valence-corrected chi connectivity index (χ2v) is 5.03. The lowest BCUT2D eigenvalue weighted by Gasteiger charge is -2.01. The molecule has 0 aliphatic heterocycles. The lowest BCUT2D eigenvalue weighted by atomic mass is 10.2. The highest BCUT2D eigenvalue weighted by atomic mass is 32.1. The van der Waals surface area contributed by atoms with Gasteiger partial charge in [0, 0.05) is 17.5 Å². The smallest absolute Gasteiger partial charge is 0.320 e. The summed E-state index contributed by atoms with van der Waals surface area (Å²) in [5.74, 6) is -1.00. The van der Waals surface area contributed by atoms with Gasteiger partial charge in [-0.2, -0.15) is 0 Å². The lowest BCUT2D eigenvalue weighted by Crippen LogP contribution is -2.32. The Balaban J connectivity index is 2.22. The average molecular weight is 251 g/mol. The van der Waals surface area contributed by atoms with Gasteiger partial charge < -0.3 is 15.8 Å². The summed E-state index contributed by atoms with van der Waals surface area (Å²) in [6.45, 7) is 1.96. The number of aromatic nitrogens is 2. The average Bonchev–Trinajstić information content (AvgIpc) is 2.87. The van der Waals surface area contributed by atoms with E-state index in [0.717, 1.165) is 21.3 Å². The highest BCUT2D eigenvalue weighted by Crippen LogP contribution is 2.26. The molecular formula is C11H13N3O2S. The Bertz CT molecular complexity index is 519. The van der Waals surface area contributed by atoms with Crippen molar-refractivity contribution in [3.63, 3.8) is 0 Å². The fourth-order valence-corrected chi connectivity index (χ4v) is 2.55. The Hall–Kier alpha value is -1.66. The van der Waals surface area contributed by atoms with Crippen molar-refractivity contribution in [2.45, 2.75) is 19.4 Å². The molecule has 0 radical (unpaired) electrons. The van der Waals surface area contributed by atoms with Crippen LogP contribution in [0.4, 0.5) is 0 Å². The predicted octanol–water partition coefficient (Wildman–Crippen LogP) is 1.40. The maximum Gasteiger partial charge on any atom is 0.320 e. The Morgan fingerprint density at radius 2 is 2.47 bits per heavy atom. The largest absolute Gasteiger partial charge is 0.480 e. The number of aliphatic carboxylic acids is 1. The van der Waals surface area contributed by atoms with Crippen molar-refractivity contribution < 1.29 is 9.90 Å². The summed E-state index contributed by atoms with van der Waals surface area (Å²) in [5, 5.41) is 9.50. The SMILES string of the molecule is Cc1sc(CC(N)C(=O)O)nc1-c1ccc[nH]1. The molecule has 5 nitrogen and oxygen atoms in total. The van der Waals surface area contributed by atoms with Crippen LogP contribution in [0.5, 0.6) is 0 Å². The molecule has 0 amide bonds. The van der Waals surface area contributed by atoms with Crippen LogP contribution in [-0.4, -0.2) is 27.1 Å². The van der Waals surface area contributed by atoms with Gasteiger partial charge in [-0.15, -0.1) is 11.3 Å². The summed E-state index contributed by atoms with van der Waals surface area (Å²) in [6.07, 6.45) is 2.10. The van der Waals surface area contributed by atoms with Crippen molar-refractivity contribution in [2.24, 2.45) is 5.73 Å². The maximum absolute atomic E-state index is 10.7. The number of nitrogens with one attached hydrogen (secondary N) is 1. The first-order valence-electron chi connectivity index (χ1n) is 5.16. The number of nitrogens with zero attached hydrogens (tertiary/aromatic N) is 1. The molecule has 17 heavy (non-hydrogen) atoms. The van der Waals surface area contributed by atoms with E-state index in [4.69, 9.17) is 10.8 Å². The summed E-state index contributed by atoms with van der Waals surface area (Å²) < 4.78 is 0. The molecule has 90 valence electrons. The minimum atomic E-state index is -1.00. The number of carboxylic acid groups (broad SMARTS) is 1. The van der Waals surface area contributed by atoms with Gasteiger partial charge in [0.15, 0.2) is 0 Å². The molecule has 0 saturated heterocycles. The van der Waals surface area contributed by atoms with Crippen LogP contribution in [0, 0.1) is 6.92 Å². The minimum absolute atomic E-state index is 0.265. The van der Waals surface area contributed by atoms with Gasteiger partial charge in [0.25, 0.3) is 0 Å². The molecule has 0 aromatic carbocycles. The van der Waals surface area contributed by atoms with Crippen LogP contribution in [0.3, 0.4) is 0 Å². The van der Waals surface area contributed by atoms with Gasteiger partial charge in [-0.25, -0.2) is 4.98 Å². The van der Waals surface area contributed by atoms with Crippen molar-refractivity contribution in [3.8, 4) is 11.4 Å². The van der Waals surface area contributed by atoms with E-state index >= 15 is 0 Å². The lowest BCUT2D eigenvalue weighted by molar-refractivity contribution is -0.138. The van der Waals surface area contributed by atoms with E-state index in [0.29, 0.717) is 0 Å². The van der Waals surface area contributed by atoms with Crippen LogP contribution in [0.1, 0.15) is 9.88 Å². The van der Waals surface area contributed by atoms with Gasteiger partial charge in [0.1, 0.15) is 11.7 Å². The molecule has 0 fully saturated rings. The Labute approximate surface area is 102 Å². The number of carboxylic acids is 1. The molecule has 2 aromatic rings. The fourth-order valence-electron chi connectivity index (χ4n) is 1.54. The molecular weight excluding hydrogens is 238 g/mol. The zero-order chi connectivity index (χ0) is 12.4. The molecule has 1 atom stereocenters. The fraction of sp³-hybridized carbons (Fsp3) is 0.273. The number of hydrogen-bond acceptors (Lipinski definition) is 4. The van der Waals surface area contributed by atoms with Crippen LogP contribution < -0.4 is 5.73 Å². The first-order valence-corrected chi connectivity index (χ1v) is 5.98. The van der Waals surface area contributed by atoms with E-state index in [1.54, 1.807) is 0 Å². The number of rotatable bonds is 4. The molecule has 4 N–H and O–H groups in total. The van der Waals surface area contributed by atoms with Crippen molar-refractivity contribution in [1.29, 1.82) is 0 Å². The second kappa shape index (κ2) is 4.68. The van der Waals surface area contributed by atoms with Crippen molar-refractivity contribution in [3.05, 3.63) is 28.2 Å². The first kappa shape index (κ1) is 11.8. The first-order chi connectivity index (χ1) is 8.08. The molecule has 1 unspecified atom stereocenters. The topological polar surface area (TPSA) is 92.0 Å². The molecule has 0 aliphatic rings. The molecule has 6 heteroatoms. The number of thiazole rings is 1. The third-order valence-electron chi connectivity index (χ3n) is 2.41. The molecule has 2 heterocycles. The highest BCUT2D eigenvalue weighted by Gasteiger charge is 2.17. The monoisotopic (exact) mass is 251 g/mol. The molecule has 0 aliphatic carbocycles. The molecule has 0 bridgehead atoms. The number of nitrogens with two attached hydrogens (primary N) is 1. The van der Waals surface area contributed by atoms with Gasteiger partial charge in [-0.3, -0.25) is 4.79 Å². The third kappa shape index (κ3) is 2.54. The Morgan fingerprint density at radius 3 is 3.06 bits per heavy atom. The van der Waals surface area contributed by atoms with Crippen LogP contribution in [0.25, 0.3) is 11.4 Å². The highest BCUT2D eigenvalue weighted by molar-refractivity contribution is 7.12. The second-order valence-electron chi connectivity index (χ2n) is 3.75. The van der Waals surface area contributed by atoms with Crippen molar-refractivity contribution in [1.82, 2.24) is 9.97 Å². The molecule has 0 spiro atoms. The zero-order valence-electron chi connectivity index (χ0n) is 9.30. The van der Waals surface area contributed by atoms with Gasteiger partial charge in [-0.05, 0) is 19.1 Å². The third-order valence-corrected chi connectivity index (χ3v) is 3.40. The zero-order valence-corrected chi connectivity index (χ0v) is 10.1.